The Balaban J connectivity index is 2.50. The van der Waals surface area contributed by atoms with Crippen LogP contribution in [-0.2, 0) is 0 Å². The second-order valence-electron chi connectivity index (χ2n) is 3.64. The molecule has 2 rings (SSSR count). The molecule has 0 atom stereocenters. The molecule has 2 aromatic carbocycles. The number of carbonyl (C=O) groups is 1. The minimum atomic E-state index is -0.795. The first kappa shape index (κ1) is 12.8. The Bertz CT molecular complexity index is 582. The van der Waals surface area contributed by atoms with Crippen LogP contribution in [0, 0.1) is 11.6 Å². The van der Waals surface area contributed by atoms with Crippen LogP contribution in [0.2, 0.25) is 0 Å². The highest BCUT2D eigenvalue weighted by Crippen LogP contribution is 2.26. The van der Waals surface area contributed by atoms with Gasteiger partial charge in [0.2, 0.25) is 0 Å². The van der Waals surface area contributed by atoms with Gasteiger partial charge in [0.15, 0.2) is 11.6 Å². The summed E-state index contributed by atoms with van der Waals surface area (Å²) in [5.74, 6) is -1.88. The molecule has 0 aliphatic rings. The summed E-state index contributed by atoms with van der Waals surface area (Å²) in [5.41, 5.74) is 0.280. The maximum Gasteiger partial charge on any atom is 0.196 e. The van der Waals surface area contributed by atoms with Crippen LogP contribution in [-0.4, -0.2) is 12.0 Å². The fraction of sp³-hybridized carbons (Fsp3) is 0.0714. The number of halogens is 2. The van der Waals surface area contributed by atoms with E-state index in [9.17, 15) is 13.6 Å². The van der Waals surface area contributed by atoms with E-state index < -0.39 is 17.4 Å². The van der Waals surface area contributed by atoms with Crippen LogP contribution >= 0.6 is 11.8 Å². The molecule has 18 heavy (non-hydrogen) atoms. The quantitative estimate of drug-likeness (QED) is 0.617. The van der Waals surface area contributed by atoms with Gasteiger partial charge in [-0.1, -0.05) is 30.3 Å². The summed E-state index contributed by atoms with van der Waals surface area (Å²) in [6.45, 7) is 0. The normalized spacial score (nSPS) is 10.4. The minimum absolute atomic E-state index is 0.105. The summed E-state index contributed by atoms with van der Waals surface area (Å²) < 4.78 is 27.3. The van der Waals surface area contributed by atoms with Crippen LogP contribution in [0.25, 0.3) is 0 Å². The van der Waals surface area contributed by atoms with E-state index in [0.29, 0.717) is 5.56 Å². The van der Waals surface area contributed by atoms with Crippen molar-refractivity contribution in [3.63, 3.8) is 0 Å². The van der Waals surface area contributed by atoms with Gasteiger partial charge in [-0.05, 0) is 18.4 Å². The lowest BCUT2D eigenvalue weighted by molar-refractivity contribution is 0.103. The Morgan fingerprint density at radius 1 is 1.06 bits per heavy atom. The van der Waals surface area contributed by atoms with Crippen LogP contribution in [0.1, 0.15) is 15.9 Å². The molecule has 92 valence electrons. The second kappa shape index (κ2) is 5.31. The lowest BCUT2D eigenvalue weighted by atomic mass is 10.0. The number of benzene rings is 2. The average Bonchev–Trinajstić information content (AvgIpc) is 2.40. The predicted octanol–water partition coefficient (Wildman–Crippen LogP) is 3.92. The van der Waals surface area contributed by atoms with Gasteiger partial charge >= 0.3 is 0 Å². The minimum Gasteiger partial charge on any atom is -0.288 e. The molecule has 2 aromatic rings. The molecule has 0 saturated carbocycles. The van der Waals surface area contributed by atoms with Crippen molar-refractivity contribution in [2.75, 3.05) is 6.26 Å². The van der Waals surface area contributed by atoms with Crippen molar-refractivity contribution < 1.29 is 13.6 Å². The molecule has 1 nitrogen and oxygen atoms in total. The zero-order valence-corrected chi connectivity index (χ0v) is 10.4. The lowest BCUT2D eigenvalue weighted by Crippen LogP contribution is -2.06. The maximum absolute atomic E-state index is 14.0. The van der Waals surface area contributed by atoms with Crippen molar-refractivity contribution in [2.45, 2.75) is 4.90 Å². The van der Waals surface area contributed by atoms with Crippen molar-refractivity contribution in [1.82, 2.24) is 0 Å². The Morgan fingerprint density at radius 2 is 1.72 bits per heavy atom. The molecule has 0 aliphatic carbocycles. The van der Waals surface area contributed by atoms with Gasteiger partial charge in [0.25, 0.3) is 0 Å². The Hall–Kier alpha value is -1.68. The van der Waals surface area contributed by atoms with Gasteiger partial charge in [-0.15, -0.1) is 11.8 Å². The number of thioether (sulfide) groups is 1. The fourth-order valence-electron chi connectivity index (χ4n) is 1.64. The van der Waals surface area contributed by atoms with Crippen molar-refractivity contribution >= 4 is 17.5 Å². The van der Waals surface area contributed by atoms with E-state index in [0.717, 1.165) is 17.8 Å². The molecule has 0 spiro atoms. The van der Waals surface area contributed by atoms with Gasteiger partial charge < -0.3 is 0 Å². The monoisotopic (exact) mass is 264 g/mol. The first-order chi connectivity index (χ1) is 8.65. The SMILES string of the molecule is CSc1c(F)ccc(C(=O)c2ccccc2)c1F. The van der Waals surface area contributed by atoms with E-state index in [-0.39, 0.29) is 10.5 Å². The molecule has 0 fully saturated rings. The van der Waals surface area contributed by atoms with Gasteiger partial charge in [-0.2, -0.15) is 0 Å². The Morgan fingerprint density at radius 3 is 2.33 bits per heavy atom. The third-order valence-corrected chi connectivity index (χ3v) is 3.32. The third kappa shape index (κ3) is 2.29. The molecular weight excluding hydrogens is 254 g/mol. The zero-order valence-electron chi connectivity index (χ0n) is 9.61. The molecule has 0 N–H and O–H groups in total. The van der Waals surface area contributed by atoms with Crippen LogP contribution < -0.4 is 0 Å². The fourth-order valence-corrected chi connectivity index (χ4v) is 2.19. The van der Waals surface area contributed by atoms with Crippen LogP contribution in [0.15, 0.2) is 47.4 Å². The van der Waals surface area contributed by atoms with E-state index >= 15 is 0 Å². The first-order valence-electron chi connectivity index (χ1n) is 5.27. The van der Waals surface area contributed by atoms with Crippen molar-refractivity contribution in [3.05, 3.63) is 65.2 Å². The van der Waals surface area contributed by atoms with Crippen LogP contribution in [0.5, 0.6) is 0 Å². The van der Waals surface area contributed by atoms with Gasteiger partial charge in [0.05, 0.1) is 10.5 Å². The van der Waals surface area contributed by atoms with E-state index in [1.165, 1.54) is 6.07 Å². The zero-order chi connectivity index (χ0) is 13.1. The van der Waals surface area contributed by atoms with Crippen LogP contribution in [0.3, 0.4) is 0 Å². The molecule has 0 aliphatic heterocycles. The molecule has 0 radical (unpaired) electrons. The molecule has 0 unspecified atom stereocenters. The average molecular weight is 264 g/mol. The summed E-state index contributed by atoms with van der Waals surface area (Å²) in [5, 5.41) is 0. The summed E-state index contributed by atoms with van der Waals surface area (Å²) in [6.07, 6.45) is 1.57. The van der Waals surface area contributed by atoms with Gasteiger partial charge in [-0.25, -0.2) is 8.78 Å². The number of carbonyl (C=O) groups excluding carboxylic acids is 1. The number of rotatable bonds is 3. The van der Waals surface area contributed by atoms with Gasteiger partial charge in [0.1, 0.15) is 5.82 Å². The highest BCUT2D eigenvalue weighted by Gasteiger charge is 2.19. The topological polar surface area (TPSA) is 17.1 Å². The van der Waals surface area contributed by atoms with Crippen molar-refractivity contribution in [3.8, 4) is 0 Å². The summed E-state index contributed by atoms with van der Waals surface area (Å²) in [6, 6.07) is 10.7. The van der Waals surface area contributed by atoms with Gasteiger partial charge in [-0.3, -0.25) is 4.79 Å². The number of hydrogen-bond acceptors (Lipinski definition) is 2. The standard InChI is InChI=1S/C14H10F2OS/c1-18-14-11(15)8-7-10(12(14)16)13(17)9-5-3-2-4-6-9/h2-8H,1H3. The molecule has 0 bridgehead atoms. The predicted molar refractivity (Wildman–Crippen MR) is 68.0 cm³/mol. The first-order valence-corrected chi connectivity index (χ1v) is 6.49. The van der Waals surface area contributed by atoms with E-state index in [1.54, 1.807) is 36.6 Å². The smallest absolute Gasteiger partial charge is 0.196 e. The second-order valence-corrected chi connectivity index (χ2v) is 4.45. The highest BCUT2D eigenvalue weighted by atomic mass is 32.2. The molecular formula is C14H10F2OS. The number of ketones is 1. The summed E-state index contributed by atoms with van der Waals surface area (Å²) in [4.78, 5) is 11.9. The lowest BCUT2D eigenvalue weighted by Gasteiger charge is -2.07. The Kier molecular flexibility index (Phi) is 3.77. The molecule has 0 saturated heterocycles. The Labute approximate surface area is 108 Å². The van der Waals surface area contributed by atoms with Crippen molar-refractivity contribution in [1.29, 1.82) is 0 Å². The molecule has 4 heteroatoms. The van der Waals surface area contributed by atoms with Crippen molar-refractivity contribution in [2.24, 2.45) is 0 Å². The van der Waals surface area contributed by atoms with E-state index in [1.807, 2.05) is 0 Å². The molecule has 0 heterocycles. The highest BCUT2D eigenvalue weighted by molar-refractivity contribution is 7.98. The summed E-state index contributed by atoms with van der Waals surface area (Å²) >= 11 is 0.947. The molecule has 0 amide bonds. The summed E-state index contributed by atoms with van der Waals surface area (Å²) in [7, 11) is 0. The van der Waals surface area contributed by atoms with E-state index in [4.69, 9.17) is 0 Å². The maximum atomic E-state index is 14.0. The third-order valence-electron chi connectivity index (χ3n) is 2.53. The van der Waals surface area contributed by atoms with Gasteiger partial charge in [0, 0.05) is 5.56 Å². The largest absolute Gasteiger partial charge is 0.288 e. The van der Waals surface area contributed by atoms with E-state index in [2.05, 4.69) is 0 Å². The van der Waals surface area contributed by atoms with Crippen LogP contribution in [0.4, 0.5) is 8.78 Å². The molecule has 0 aromatic heterocycles. The number of hydrogen-bond donors (Lipinski definition) is 0.